The minimum absolute atomic E-state index is 0.0392. The van der Waals surface area contributed by atoms with E-state index in [0.717, 1.165) is 16.2 Å². The molecule has 1 heterocycles. The van der Waals surface area contributed by atoms with Crippen LogP contribution in [0.15, 0.2) is 30.5 Å². The standard InChI is InChI=1S/C19H23N3O6S/c1-18(2,3)27-16(23)21(17(24)28-19(4,5)6)15-20-11-14(29-15)12-7-9-13(10-8-12)22(25)26/h7-11H,1-6H3. The molecule has 2 aromatic rings. The molecule has 1 aromatic carbocycles. The minimum atomic E-state index is -0.906. The van der Waals surface area contributed by atoms with E-state index in [1.54, 1.807) is 53.7 Å². The van der Waals surface area contributed by atoms with Crippen LogP contribution in [0.4, 0.5) is 20.4 Å². The maximum Gasteiger partial charge on any atom is 0.426 e. The summed E-state index contributed by atoms with van der Waals surface area (Å²) in [4.78, 5) is 41.1. The number of nitro groups is 1. The molecule has 0 spiro atoms. The van der Waals surface area contributed by atoms with Crippen LogP contribution < -0.4 is 4.90 Å². The summed E-state index contributed by atoms with van der Waals surface area (Å²) in [5.41, 5.74) is -1.03. The van der Waals surface area contributed by atoms with Gasteiger partial charge in [0.1, 0.15) is 11.2 Å². The number of hydrogen-bond donors (Lipinski definition) is 0. The fourth-order valence-corrected chi connectivity index (χ4v) is 3.00. The third-order valence-corrected chi connectivity index (χ3v) is 4.23. The lowest BCUT2D eigenvalue weighted by Gasteiger charge is -2.27. The molecule has 0 N–H and O–H groups in total. The number of amides is 2. The zero-order chi connectivity index (χ0) is 22.0. The predicted octanol–water partition coefficient (Wildman–Crippen LogP) is 5.39. The first kappa shape index (κ1) is 22.3. The van der Waals surface area contributed by atoms with Gasteiger partial charge in [-0.05, 0) is 59.2 Å². The minimum Gasteiger partial charge on any atom is -0.443 e. The number of non-ortho nitro benzene ring substituents is 1. The number of anilines is 1. The summed E-state index contributed by atoms with van der Waals surface area (Å²) >= 11 is 1.06. The van der Waals surface area contributed by atoms with E-state index in [0.29, 0.717) is 10.4 Å². The highest BCUT2D eigenvalue weighted by atomic mass is 32.1. The average molecular weight is 421 g/mol. The van der Waals surface area contributed by atoms with Crippen LogP contribution in [0.25, 0.3) is 10.4 Å². The fourth-order valence-electron chi connectivity index (χ4n) is 2.10. The number of carbonyl (C=O) groups is 2. The first-order chi connectivity index (χ1) is 13.3. The van der Waals surface area contributed by atoms with E-state index in [9.17, 15) is 19.7 Å². The summed E-state index contributed by atoms with van der Waals surface area (Å²) in [5.74, 6) is 0. The molecule has 1 aromatic heterocycles. The summed E-state index contributed by atoms with van der Waals surface area (Å²) in [5, 5.41) is 10.9. The largest absolute Gasteiger partial charge is 0.443 e. The van der Waals surface area contributed by atoms with Crippen LogP contribution in [0.3, 0.4) is 0 Å². The molecule has 0 aliphatic carbocycles. The van der Waals surface area contributed by atoms with E-state index < -0.39 is 28.3 Å². The Morgan fingerprint density at radius 3 is 1.90 bits per heavy atom. The van der Waals surface area contributed by atoms with Gasteiger partial charge in [-0.2, -0.15) is 4.90 Å². The van der Waals surface area contributed by atoms with Crippen LogP contribution in [0.1, 0.15) is 41.5 Å². The van der Waals surface area contributed by atoms with Gasteiger partial charge in [-0.25, -0.2) is 14.6 Å². The predicted molar refractivity (Wildman–Crippen MR) is 109 cm³/mol. The lowest BCUT2D eigenvalue weighted by molar-refractivity contribution is -0.384. The number of ether oxygens (including phenoxy) is 2. The quantitative estimate of drug-likeness (QED) is 0.482. The first-order valence-corrected chi connectivity index (χ1v) is 9.55. The van der Waals surface area contributed by atoms with Crippen LogP contribution in [0, 0.1) is 10.1 Å². The van der Waals surface area contributed by atoms with Gasteiger partial charge in [-0.1, -0.05) is 11.3 Å². The second-order valence-corrected chi connectivity index (χ2v) is 9.12. The highest BCUT2D eigenvalue weighted by Gasteiger charge is 2.34. The molecule has 10 heteroatoms. The van der Waals surface area contributed by atoms with Gasteiger partial charge in [-0.15, -0.1) is 0 Å². The van der Waals surface area contributed by atoms with Gasteiger partial charge in [0.05, 0.1) is 9.80 Å². The molecule has 0 radical (unpaired) electrons. The molecule has 9 nitrogen and oxygen atoms in total. The molecule has 0 fully saturated rings. The van der Waals surface area contributed by atoms with Gasteiger partial charge in [0.15, 0.2) is 0 Å². The summed E-state index contributed by atoms with van der Waals surface area (Å²) in [7, 11) is 0. The zero-order valence-electron chi connectivity index (χ0n) is 17.1. The van der Waals surface area contributed by atoms with Crippen LogP contribution in [0.2, 0.25) is 0 Å². The molecule has 2 rings (SSSR count). The summed E-state index contributed by atoms with van der Waals surface area (Å²) in [6, 6.07) is 5.88. The lowest BCUT2D eigenvalue weighted by Crippen LogP contribution is -2.43. The molecule has 0 aliphatic rings. The van der Waals surface area contributed by atoms with E-state index in [2.05, 4.69) is 4.98 Å². The van der Waals surface area contributed by atoms with Gasteiger partial charge >= 0.3 is 12.2 Å². The van der Waals surface area contributed by atoms with Crippen LogP contribution >= 0.6 is 11.3 Å². The topological polar surface area (TPSA) is 112 Å². The molecule has 0 bridgehead atoms. The Hall–Kier alpha value is -3.01. The Morgan fingerprint density at radius 1 is 1.00 bits per heavy atom. The Balaban J connectivity index is 2.37. The number of nitrogens with zero attached hydrogens (tertiary/aromatic N) is 3. The van der Waals surface area contributed by atoms with Crippen molar-refractivity contribution >= 4 is 34.3 Å². The molecule has 0 saturated heterocycles. The Bertz CT molecular complexity index is 881. The Morgan fingerprint density at radius 2 is 1.48 bits per heavy atom. The number of hydrogen-bond acceptors (Lipinski definition) is 8. The van der Waals surface area contributed by atoms with Crippen LogP contribution in [0.5, 0.6) is 0 Å². The van der Waals surface area contributed by atoms with E-state index in [1.165, 1.54) is 18.3 Å². The SMILES string of the molecule is CC(C)(C)OC(=O)N(C(=O)OC(C)(C)C)c1ncc(-c2ccc([N+](=O)[O-])cc2)s1. The van der Waals surface area contributed by atoms with Crippen molar-refractivity contribution in [2.75, 3.05) is 4.90 Å². The number of thiazole rings is 1. The van der Waals surface area contributed by atoms with Gasteiger partial charge < -0.3 is 9.47 Å². The summed E-state index contributed by atoms with van der Waals surface area (Å²) < 4.78 is 10.6. The lowest BCUT2D eigenvalue weighted by atomic mass is 10.2. The molecule has 0 atom stereocenters. The van der Waals surface area contributed by atoms with Gasteiger partial charge in [0.25, 0.3) is 5.69 Å². The molecular formula is C19H23N3O6S. The smallest absolute Gasteiger partial charge is 0.426 e. The monoisotopic (exact) mass is 421 g/mol. The van der Waals surface area contributed by atoms with Crippen molar-refractivity contribution in [3.63, 3.8) is 0 Å². The molecule has 0 saturated carbocycles. The van der Waals surface area contributed by atoms with E-state index in [1.807, 2.05) is 0 Å². The summed E-state index contributed by atoms with van der Waals surface area (Å²) in [6.45, 7) is 10.1. The number of rotatable bonds is 3. The van der Waals surface area contributed by atoms with Crippen LogP contribution in [-0.2, 0) is 9.47 Å². The third-order valence-electron chi connectivity index (χ3n) is 3.20. The van der Waals surface area contributed by atoms with E-state index >= 15 is 0 Å². The molecule has 156 valence electrons. The van der Waals surface area contributed by atoms with Gasteiger partial charge in [0, 0.05) is 18.3 Å². The molecule has 0 aliphatic heterocycles. The number of imide groups is 1. The number of benzene rings is 1. The molecular weight excluding hydrogens is 398 g/mol. The molecule has 29 heavy (non-hydrogen) atoms. The number of carbonyl (C=O) groups excluding carboxylic acids is 2. The fraction of sp³-hybridized carbons (Fsp3) is 0.421. The Kier molecular flexibility index (Phi) is 6.27. The first-order valence-electron chi connectivity index (χ1n) is 8.73. The molecule has 2 amide bonds. The van der Waals surface area contributed by atoms with Crippen molar-refractivity contribution in [3.8, 4) is 10.4 Å². The number of aromatic nitrogens is 1. The van der Waals surface area contributed by atoms with Crippen molar-refractivity contribution in [2.45, 2.75) is 52.7 Å². The molecule has 0 unspecified atom stereocenters. The third kappa shape index (κ3) is 6.24. The highest BCUT2D eigenvalue weighted by molar-refractivity contribution is 7.19. The van der Waals surface area contributed by atoms with Crippen molar-refractivity contribution in [1.82, 2.24) is 4.98 Å². The highest BCUT2D eigenvalue weighted by Crippen LogP contribution is 2.33. The normalized spacial score (nSPS) is 11.7. The van der Waals surface area contributed by atoms with Gasteiger partial charge in [-0.3, -0.25) is 10.1 Å². The second kappa shape index (κ2) is 8.16. The van der Waals surface area contributed by atoms with E-state index in [4.69, 9.17) is 9.47 Å². The zero-order valence-corrected chi connectivity index (χ0v) is 17.9. The van der Waals surface area contributed by atoms with Crippen molar-refractivity contribution in [2.24, 2.45) is 0 Å². The van der Waals surface area contributed by atoms with E-state index in [-0.39, 0.29) is 10.8 Å². The average Bonchev–Trinajstić information content (AvgIpc) is 3.01. The van der Waals surface area contributed by atoms with Crippen LogP contribution in [-0.4, -0.2) is 33.3 Å². The van der Waals surface area contributed by atoms with Crippen molar-refractivity contribution in [1.29, 1.82) is 0 Å². The van der Waals surface area contributed by atoms with Gasteiger partial charge in [0.2, 0.25) is 5.13 Å². The maximum atomic E-state index is 12.6. The second-order valence-electron chi connectivity index (χ2n) is 8.11. The number of nitro benzene ring substituents is 1. The Labute approximate surface area is 172 Å². The maximum absolute atomic E-state index is 12.6. The van der Waals surface area contributed by atoms with Crippen molar-refractivity contribution < 1.29 is 24.0 Å². The van der Waals surface area contributed by atoms with Crippen molar-refractivity contribution in [3.05, 3.63) is 40.6 Å². The summed E-state index contributed by atoms with van der Waals surface area (Å²) in [6.07, 6.45) is -0.337.